The molecule has 1 aromatic carbocycles. The van der Waals surface area contributed by atoms with Crippen LogP contribution in [-0.4, -0.2) is 49.0 Å². The van der Waals surface area contributed by atoms with Crippen LogP contribution in [0.25, 0.3) is 11.3 Å². The van der Waals surface area contributed by atoms with Crippen molar-refractivity contribution in [1.29, 1.82) is 0 Å². The summed E-state index contributed by atoms with van der Waals surface area (Å²) in [6.45, 7) is 0.813. The molecule has 0 atom stereocenters. The fourth-order valence-corrected chi connectivity index (χ4v) is 4.95. The van der Waals surface area contributed by atoms with E-state index in [1.54, 1.807) is 50.0 Å². The quantitative estimate of drug-likeness (QED) is 0.602. The van der Waals surface area contributed by atoms with Gasteiger partial charge in [0.1, 0.15) is 23.3 Å². The maximum absolute atomic E-state index is 12.9. The molecule has 2 aromatic heterocycles. The van der Waals surface area contributed by atoms with Crippen LogP contribution in [0.4, 0.5) is 0 Å². The molecule has 1 aliphatic heterocycles. The Morgan fingerprint density at radius 3 is 2.33 bits per heavy atom. The zero-order valence-electron chi connectivity index (χ0n) is 16.6. The zero-order valence-corrected chi connectivity index (χ0v) is 17.5. The largest absolute Gasteiger partial charge is 0.497 e. The highest BCUT2D eigenvalue weighted by Crippen LogP contribution is 2.30. The first kappa shape index (κ1) is 20.3. The van der Waals surface area contributed by atoms with E-state index < -0.39 is 10.0 Å². The fourth-order valence-electron chi connectivity index (χ4n) is 3.48. The molecule has 1 saturated heterocycles. The smallest absolute Gasteiger partial charge is 0.243 e. The number of benzene rings is 1. The van der Waals surface area contributed by atoms with Gasteiger partial charge in [0.05, 0.1) is 12.0 Å². The van der Waals surface area contributed by atoms with E-state index in [1.165, 1.54) is 4.31 Å². The van der Waals surface area contributed by atoms with Gasteiger partial charge in [0.2, 0.25) is 10.0 Å². The first-order chi connectivity index (χ1) is 14.6. The van der Waals surface area contributed by atoms with Crippen molar-refractivity contribution in [2.75, 3.05) is 20.2 Å². The standard InChI is InChI=1S/C22H23N3O4S/c1-28-18-4-6-20(7-5-18)30(26,27)25-15-10-19(11-16-25)29-21-3-2-12-24-22(21)17-8-13-23-14-9-17/h2-9,12-14,19H,10-11,15-16H2,1H3. The Balaban J connectivity index is 1.43. The predicted molar refractivity (Wildman–Crippen MR) is 113 cm³/mol. The zero-order chi connectivity index (χ0) is 21.0. The lowest BCUT2D eigenvalue weighted by Gasteiger charge is -2.31. The topological polar surface area (TPSA) is 81.6 Å². The van der Waals surface area contributed by atoms with Crippen molar-refractivity contribution in [3.8, 4) is 22.8 Å². The Hall–Kier alpha value is -2.97. The Kier molecular flexibility index (Phi) is 5.96. The van der Waals surface area contributed by atoms with E-state index in [0.717, 1.165) is 11.3 Å². The third kappa shape index (κ3) is 4.29. The number of ether oxygens (including phenoxy) is 2. The van der Waals surface area contributed by atoms with Gasteiger partial charge in [-0.15, -0.1) is 0 Å². The number of hydrogen-bond donors (Lipinski definition) is 0. The summed E-state index contributed by atoms with van der Waals surface area (Å²) in [5.41, 5.74) is 1.69. The Bertz CT molecular complexity index is 1080. The molecule has 1 fully saturated rings. The molecule has 3 aromatic rings. The molecule has 0 radical (unpaired) electrons. The molecule has 0 bridgehead atoms. The fraction of sp³-hybridized carbons (Fsp3) is 0.273. The highest BCUT2D eigenvalue weighted by Gasteiger charge is 2.30. The molecule has 0 amide bonds. The van der Waals surface area contributed by atoms with E-state index in [9.17, 15) is 8.42 Å². The molecule has 1 aliphatic rings. The second-order valence-electron chi connectivity index (χ2n) is 6.98. The summed E-state index contributed by atoms with van der Waals surface area (Å²) >= 11 is 0. The van der Waals surface area contributed by atoms with Gasteiger partial charge in [-0.25, -0.2) is 8.42 Å². The molecular formula is C22H23N3O4S. The molecule has 0 unspecified atom stereocenters. The normalized spacial score (nSPS) is 15.6. The first-order valence-corrected chi connectivity index (χ1v) is 11.2. The van der Waals surface area contributed by atoms with E-state index in [4.69, 9.17) is 9.47 Å². The molecular weight excluding hydrogens is 402 g/mol. The number of piperidine rings is 1. The molecule has 30 heavy (non-hydrogen) atoms. The summed E-state index contributed by atoms with van der Waals surface area (Å²) in [6.07, 6.45) is 6.32. The minimum Gasteiger partial charge on any atom is -0.497 e. The number of nitrogens with zero attached hydrogens (tertiary/aromatic N) is 3. The summed E-state index contributed by atoms with van der Waals surface area (Å²) in [4.78, 5) is 8.77. The molecule has 0 N–H and O–H groups in total. The third-order valence-electron chi connectivity index (χ3n) is 5.12. The van der Waals surface area contributed by atoms with E-state index in [-0.39, 0.29) is 11.0 Å². The van der Waals surface area contributed by atoms with Crippen LogP contribution in [0, 0.1) is 0 Å². The van der Waals surface area contributed by atoms with Gasteiger partial charge in [-0.3, -0.25) is 9.97 Å². The third-order valence-corrected chi connectivity index (χ3v) is 7.03. The van der Waals surface area contributed by atoms with Gasteiger partial charge in [-0.05, 0) is 61.4 Å². The van der Waals surface area contributed by atoms with Crippen molar-refractivity contribution in [3.63, 3.8) is 0 Å². The average molecular weight is 426 g/mol. The number of sulfonamides is 1. The Morgan fingerprint density at radius 1 is 0.967 bits per heavy atom. The van der Waals surface area contributed by atoms with E-state index in [1.807, 2.05) is 24.3 Å². The van der Waals surface area contributed by atoms with E-state index >= 15 is 0 Å². The second kappa shape index (κ2) is 8.81. The van der Waals surface area contributed by atoms with Crippen LogP contribution in [-0.2, 0) is 10.0 Å². The predicted octanol–water partition coefficient (Wildman–Crippen LogP) is 3.38. The minimum absolute atomic E-state index is 0.0721. The molecule has 4 rings (SSSR count). The Labute approximate surface area is 176 Å². The number of rotatable bonds is 6. The van der Waals surface area contributed by atoms with Crippen molar-refractivity contribution in [1.82, 2.24) is 14.3 Å². The number of hydrogen-bond acceptors (Lipinski definition) is 6. The van der Waals surface area contributed by atoms with Gasteiger partial charge in [-0.2, -0.15) is 4.31 Å². The maximum Gasteiger partial charge on any atom is 0.243 e. The number of pyridine rings is 2. The van der Waals surface area contributed by atoms with E-state index in [0.29, 0.717) is 37.4 Å². The minimum atomic E-state index is -3.53. The molecule has 156 valence electrons. The van der Waals surface area contributed by atoms with Crippen molar-refractivity contribution in [3.05, 3.63) is 67.1 Å². The van der Waals surface area contributed by atoms with Gasteiger partial charge in [0.25, 0.3) is 0 Å². The van der Waals surface area contributed by atoms with Crippen LogP contribution in [0.1, 0.15) is 12.8 Å². The van der Waals surface area contributed by atoms with Crippen molar-refractivity contribution >= 4 is 10.0 Å². The summed E-state index contributed by atoms with van der Waals surface area (Å²) in [5.74, 6) is 1.32. The number of aromatic nitrogens is 2. The molecule has 0 aliphatic carbocycles. The van der Waals surface area contributed by atoms with Crippen molar-refractivity contribution in [2.45, 2.75) is 23.8 Å². The molecule has 7 nitrogen and oxygen atoms in total. The van der Waals surface area contributed by atoms with Gasteiger partial charge >= 0.3 is 0 Å². The highest BCUT2D eigenvalue weighted by atomic mass is 32.2. The van der Waals surface area contributed by atoms with Gasteiger partial charge in [-0.1, -0.05) is 0 Å². The summed E-state index contributed by atoms with van der Waals surface area (Å²) in [7, 11) is -1.98. The molecule has 0 saturated carbocycles. The van der Waals surface area contributed by atoms with Crippen LogP contribution in [0.3, 0.4) is 0 Å². The summed E-state index contributed by atoms with van der Waals surface area (Å²) in [6, 6.07) is 14.0. The SMILES string of the molecule is COc1ccc(S(=O)(=O)N2CCC(Oc3cccnc3-c3ccncc3)CC2)cc1. The van der Waals surface area contributed by atoms with Crippen LogP contribution >= 0.6 is 0 Å². The monoisotopic (exact) mass is 425 g/mol. The molecule has 0 spiro atoms. The van der Waals surface area contributed by atoms with E-state index in [2.05, 4.69) is 9.97 Å². The molecule has 8 heteroatoms. The molecule has 3 heterocycles. The number of methoxy groups -OCH3 is 1. The highest BCUT2D eigenvalue weighted by molar-refractivity contribution is 7.89. The van der Waals surface area contributed by atoms with Crippen molar-refractivity contribution < 1.29 is 17.9 Å². The summed E-state index contributed by atoms with van der Waals surface area (Å²) in [5, 5.41) is 0. The summed E-state index contributed by atoms with van der Waals surface area (Å²) < 4.78 is 38.7. The van der Waals surface area contributed by atoms with Gasteiger partial charge in [0.15, 0.2) is 0 Å². The average Bonchev–Trinajstić information content (AvgIpc) is 2.80. The van der Waals surface area contributed by atoms with Gasteiger partial charge < -0.3 is 9.47 Å². The second-order valence-corrected chi connectivity index (χ2v) is 8.92. The van der Waals surface area contributed by atoms with Crippen LogP contribution in [0.15, 0.2) is 72.0 Å². The lowest BCUT2D eigenvalue weighted by Crippen LogP contribution is -2.41. The van der Waals surface area contributed by atoms with Crippen LogP contribution in [0.5, 0.6) is 11.5 Å². The van der Waals surface area contributed by atoms with Crippen LogP contribution < -0.4 is 9.47 Å². The maximum atomic E-state index is 12.9. The van der Waals surface area contributed by atoms with Gasteiger partial charge in [0, 0.05) is 37.2 Å². The first-order valence-electron chi connectivity index (χ1n) is 9.74. The lowest BCUT2D eigenvalue weighted by molar-refractivity contribution is 0.135. The lowest BCUT2D eigenvalue weighted by atomic mass is 10.1. The Morgan fingerprint density at radius 2 is 1.67 bits per heavy atom. The van der Waals surface area contributed by atoms with Crippen LogP contribution in [0.2, 0.25) is 0 Å². The van der Waals surface area contributed by atoms with Crippen molar-refractivity contribution in [2.24, 2.45) is 0 Å².